The van der Waals surface area contributed by atoms with Crippen LogP contribution in [0.3, 0.4) is 0 Å². The van der Waals surface area contributed by atoms with E-state index < -0.39 is 0 Å². The first-order chi connectivity index (χ1) is 14.0. The molecule has 0 aliphatic carbocycles. The number of fused-ring (bicyclic) bond motifs is 4. The zero-order valence-corrected chi connectivity index (χ0v) is 23.0. The number of benzene rings is 3. The summed E-state index contributed by atoms with van der Waals surface area (Å²) in [6.07, 6.45) is 0. The molecule has 2 radical (unpaired) electrons. The molecule has 2 heteroatoms. The Bertz CT molecular complexity index is 1190. The van der Waals surface area contributed by atoms with Crippen molar-refractivity contribution in [2.75, 3.05) is 0 Å². The van der Waals surface area contributed by atoms with Crippen LogP contribution in [-0.2, 0) is 23.3 Å². The van der Waals surface area contributed by atoms with Crippen LogP contribution in [0.5, 0.6) is 0 Å². The van der Waals surface area contributed by atoms with Crippen LogP contribution in [0.4, 0.5) is 0 Å². The standard InChI is InChI=1S/C14H17.C13H9.2CH3.Si.Zr/c1-9(2)12-6-5-11(4)13-7-10(3)8-14(12)13;1-3-7-12-10(5-1)9-11-6-2-4-8-13(11)12;;;;/h5-9H,1-4H3;1-9H;2*1H3;;/q4*-1;;. The van der Waals surface area contributed by atoms with Gasteiger partial charge in [0.15, 0.2) is 0 Å². The maximum absolute atomic E-state index is 3.06. The molecule has 0 aliphatic rings. The van der Waals surface area contributed by atoms with Gasteiger partial charge in [-0.3, -0.25) is 0 Å². The zero-order valence-electron chi connectivity index (χ0n) is 19.6. The van der Waals surface area contributed by atoms with E-state index in [-0.39, 0.29) is 14.9 Å². The summed E-state index contributed by atoms with van der Waals surface area (Å²) in [6, 6.07) is 28.4. The molecule has 0 saturated heterocycles. The van der Waals surface area contributed by atoms with Crippen molar-refractivity contribution in [2.24, 2.45) is 0 Å². The minimum atomic E-state index is 0. The number of aryl methyl sites for hydroxylation is 2. The van der Waals surface area contributed by atoms with Crippen molar-refractivity contribution >= 4 is 39.2 Å². The van der Waals surface area contributed by atoms with E-state index in [1.54, 1.807) is 0 Å². The summed E-state index contributed by atoms with van der Waals surface area (Å²) in [5, 5.41) is 8.26. The molecule has 0 nitrogen and oxygen atoms in total. The summed E-state index contributed by atoms with van der Waals surface area (Å²) in [6.45, 7) is 11.9. The average Bonchev–Trinajstić information content (AvgIpc) is 3.31. The molecule has 31 heavy (non-hydrogen) atoms. The first-order valence-corrected chi connectivity index (χ1v) is 14.2. The molecule has 160 valence electrons. The van der Waals surface area contributed by atoms with Crippen molar-refractivity contribution in [2.45, 2.75) is 33.6 Å². The molecule has 5 rings (SSSR count). The van der Waals surface area contributed by atoms with Crippen LogP contribution >= 0.6 is 0 Å². The monoisotopic (exact) mass is 498 g/mol. The van der Waals surface area contributed by atoms with Crippen molar-refractivity contribution in [1.82, 2.24) is 0 Å². The summed E-state index contributed by atoms with van der Waals surface area (Å²) in [5.74, 6) is 0.611. The fraction of sp³-hybridized carbons (Fsp3) is 0.172. The summed E-state index contributed by atoms with van der Waals surface area (Å²) in [4.78, 5) is 0. The van der Waals surface area contributed by atoms with Gasteiger partial charge < -0.3 is 14.9 Å². The van der Waals surface area contributed by atoms with Crippen LogP contribution in [0.1, 0.15) is 36.5 Å². The summed E-state index contributed by atoms with van der Waals surface area (Å²) in [5.41, 5.74) is 4.23. The smallest absolute Gasteiger partial charge is 0.0771 e. The SMILES string of the molecule is Cc1cc2c(C(C)C)ccc(C)c2[cH-]1.[CH3-].[CH3-].[Si]=[Zr].c1ccc2c(c1)[cH-]c1ccccc12. The van der Waals surface area contributed by atoms with E-state index >= 15 is 0 Å². The van der Waals surface area contributed by atoms with E-state index in [4.69, 9.17) is 0 Å². The van der Waals surface area contributed by atoms with Crippen molar-refractivity contribution < 1.29 is 23.3 Å². The molecule has 0 N–H and O–H groups in total. The van der Waals surface area contributed by atoms with Crippen molar-refractivity contribution in [3.05, 3.63) is 110 Å². The van der Waals surface area contributed by atoms with Gasteiger partial charge in [-0.2, -0.15) is 6.07 Å². The van der Waals surface area contributed by atoms with E-state index in [1.807, 2.05) is 0 Å². The van der Waals surface area contributed by atoms with Gasteiger partial charge >= 0.3 is 30.2 Å². The van der Waals surface area contributed by atoms with E-state index in [9.17, 15) is 0 Å². The van der Waals surface area contributed by atoms with Crippen LogP contribution in [0.25, 0.3) is 32.3 Å². The summed E-state index contributed by atoms with van der Waals surface area (Å²) < 4.78 is 0. The molecule has 0 atom stereocenters. The van der Waals surface area contributed by atoms with Crippen molar-refractivity contribution in [3.63, 3.8) is 0 Å². The first-order valence-electron chi connectivity index (χ1n) is 9.99. The molecule has 0 aromatic heterocycles. The van der Waals surface area contributed by atoms with E-state index in [0.29, 0.717) is 5.92 Å². The van der Waals surface area contributed by atoms with Gasteiger partial charge in [-0.05, 0) is 5.92 Å². The van der Waals surface area contributed by atoms with Gasteiger partial charge in [0.1, 0.15) is 0 Å². The third-order valence-electron chi connectivity index (χ3n) is 5.43. The Kier molecular flexibility index (Phi) is 10.8. The van der Waals surface area contributed by atoms with Gasteiger partial charge in [-0.1, -0.05) is 75.7 Å². The molecule has 0 spiro atoms. The Morgan fingerprint density at radius 3 is 1.74 bits per heavy atom. The topological polar surface area (TPSA) is 0 Å². The van der Waals surface area contributed by atoms with Gasteiger partial charge in [0, 0.05) is 0 Å². The molecular weight excluding hydrogens is 468 g/mol. The molecule has 0 aliphatic heterocycles. The second-order valence-electron chi connectivity index (χ2n) is 7.81. The fourth-order valence-corrected chi connectivity index (χ4v) is 4.02. The van der Waals surface area contributed by atoms with Gasteiger partial charge in [-0.15, -0.1) is 73.8 Å². The second kappa shape index (κ2) is 12.3. The minimum absolute atomic E-state index is 0. The number of rotatable bonds is 1. The summed E-state index contributed by atoms with van der Waals surface area (Å²) in [7, 11) is 0. The quantitative estimate of drug-likeness (QED) is 0.160. The molecule has 0 unspecified atom stereocenters. The van der Waals surface area contributed by atoms with Crippen LogP contribution in [0.15, 0.2) is 78.9 Å². The number of hydrogen-bond donors (Lipinski definition) is 0. The molecule has 0 bridgehead atoms. The van der Waals surface area contributed by atoms with Gasteiger partial charge in [0.2, 0.25) is 0 Å². The van der Waals surface area contributed by atoms with Crippen LogP contribution in [0.2, 0.25) is 0 Å². The Hall–Kier alpha value is -1.76. The molecule has 0 amide bonds. The largest absolute Gasteiger partial charge is 0.126 e. The normalized spacial score (nSPS) is 9.94. The Labute approximate surface area is 205 Å². The predicted molar refractivity (Wildman–Crippen MR) is 139 cm³/mol. The first kappa shape index (κ1) is 27.3. The van der Waals surface area contributed by atoms with Gasteiger partial charge in [0.25, 0.3) is 0 Å². The van der Waals surface area contributed by atoms with Crippen LogP contribution in [0, 0.1) is 28.7 Å². The molecule has 5 aromatic carbocycles. The Balaban J connectivity index is 0.000000271. The minimum Gasteiger partial charge on any atom is -0.126 e. The van der Waals surface area contributed by atoms with Gasteiger partial charge in [0.05, 0.1) is 0 Å². The molecular formula is C29H32SiZr-4. The maximum atomic E-state index is 3.06. The van der Waals surface area contributed by atoms with Crippen LogP contribution < -0.4 is 0 Å². The van der Waals surface area contributed by atoms with Crippen molar-refractivity contribution in [1.29, 1.82) is 0 Å². The van der Waals surface area contributed by atoms with Crippen LogP contribution in [-0.4, -0.2) is 6.88 Å². The molecule has 0 saturated carbocycles. The molecule has 5 aromatic rings. The third-order valence-corrected chi connectivity index (χ3v) is 5.43. The molecule has 0 heterocycles. The fourth-order valence-electron chi connectivity index (χ4n) is 4.02. The van der Waals surface area contributed by atoms with Gasteiger partial charge in [-0.25, -0.2) is 0 Å². The maximum Gasteiger partial charge on any atom is -0.0771 e. The van der Waals surface area contributed by atoms with E-state index in [0.717, 1.165) is 0 Å². The predicted octanol–water partition coefficient (Wildman–Crippen LogP) is 8.53. The molecule has 0 fully saturated rings. The second-order valence-corrected chi connectivity index (χ2v) is 7.81. The third kappa shape index (κ3) is 5.93. The summed E-state index contributed by atoms with van der Waals surface area (Å²) >= 11 is 1.36. The Morgan fingerprint density at radius 1 is 0.710 bits per heavy atom. The average molecular weight is 500 g/mol. The zero-order chi connectivity index (χ0) is 21.0. The number of hydrogen-bond acceptors (Lipinski definition) is 0. The van der Waals surface area contributed by atoms with Crippen molar-refractivity contribution in [3.8, 4) is 0 Å². The van der Waals surface area contributed by atoms with E-state index in [2.05, 4.69) is 113 Å². The van der Waals surface area contributed by atoms with E-state index in [1.165, 1.54) is 72.3 Å². The Morgan fingerprint density at radius 2 is 1.23 bits per heavy atom.